The van der Waals surface area contributed by atoms with Crippen molar-refractivity contribution in [1.82, 2.24) is 0 Å². The number of fused-ring (bicyclic) bond motifs is 1. The summed E-state index contributed by atoms with van der Waals surface area (Å²) in [5, 5.41) is 6.15. The van der Waals surface area contributed by atoms with Crippen LogP contribution < -0.4 is 5.32 Å². The van der Waals surface area contributed by atoms with Crippen molar-refractivity contribution in [2.45, 2.75) is 19.9 Å². The van der Waals surface area contributed by atoms with Crippen molar-refractivity contribution in [2.75, 3.05) is 16.8 Å². The van der Waals surface area contributed by atoms with Crippen LogP contribution in [0.5, 0.6) is 0 Å². The van der Waals surface area contributed by atoms with Gasteiger partial charge in [0, 0.05) is 17.5 Å². The lowest BCUT2D eigenvalue weighted by atomic mass is 10.1. The molecule has 0 spiro atoms. The molecule has 0 saturated carbocycles. The van der Waals surface area contributed by atoms with E-state index >= 15 is 0 Å². The van der Waals surface area contributed by atoms with E-state index in [1.165, 1.54) is 22.2 Å². The Labute approximate surface area is 108 Å². The number of benzene rings is 2. The monoisotopic (exact) mass is 245 g/mol. The Morgan fingerprint density at radius 3 is 2.65 bits per heavy atom. The lowest BCUT2D eigenvalue weighted by Gasteiger charge is -2.15. The number of thioether (sulfide) groups is 1. The van der Waals surface area contributed by atoms with Gasteiger partial charge in [0.05, 0.1) is 0 Å². The minimum Gasteiger partial charge on any atom is -0.382 e. The minimum atomic E-state index is 0.515. The highest BCUT2D eigenvalue weighted by molar-refractivity contribution is 7.99. The maximum absolute atomic E-state index is 3.55. The molecule has 90 valence electrons. The lowest BCUT2D eigenvalue weighted by Crippen LogP contribution is -2.17. The first kappa shape index (κ1) is 12.3. The first-order chi connectivity index (χ1) is 8.29. The van der Waals surface area contributed by atoms with Crippen molar-refractivity contribution in [3.05, 3.63) is 42.5 Å². The second-order valence-corrected chi connectivity index (χ2v) is 5.59. The Hall–Kier alpha value is -1.15. The van der Waals surface area contributed by atoms with Crippen LogP contribution in [0.4, 0.5) is 5.69 Å². The number of anilines is 1. The third-order valence-electron chi connectivity index (χ3n) is 2.73. The van der Waals surface area contributed by atoms with Crippen LogP contribution in [-0.4, -0.2) is 17.5 Å². The zero-order valence-corrected chi connectivity index (χ0v) is 11.3. The molecule has 1 N–H and O–H groups in total. The van der Waals surface area contributed by atoms with Crippen LogP contribution in [0.1, 0.15) is 13.8 Å². The predicted octanol–water partition coefficient (Wildman–Crippen LogP) is 4.39. The largest absolute Gasteiger partial charge is 0.382 e. The van der Waals surface area contributed by atoms with Crippen LogP contribution in [0.25, 0.3) is 10.8 Å². The van der Waals surface area contributed by atoms with Crippen LogP contribution in [-0.2, 0) is 0 Å². The maximum Gasteiger partial charge on any atom is 0.0348 e. The smallest absolute Gasteiger partial charge is 0.0348 e. The first-order valence-corrected chi connectivity index (χ1v) is 7.28. The molecule has 0 heterocycles. The Morgan fingerprint density at radius 2 is 1.88 bits per heavy atom. The summed E-state index contributed by atoms with van der Waals surface area (Å²) in [6, 6.07) is 15.6. The van der Waals surface area contributed by atoms with Gasteiger partial charge in [0.1, 0.15) is 0 Å². The van der Waals surface area contributed by atoms with Gasteiger partial charge in [0.15, 0.2) is 0 Å². The van der Waals surface area contributed by atoms with E-state index in [1.54, 1.807) is 0 Å². The number of rotatable bonds is 5. The first-order valence-electron chi connectivity index (χ1n) is 6.12. The van der Waals surface area contributed by atoms with Gasteiger partial charge in [-0.1, -0.05) is 37.3 Å². The van der Waals surface area contributed by atoms with Gasteiger partial charge in [0.25, 0.3) is 0 Å². The highest BCUT2D eigenvalue weighted by atomic mass is 32.2. The predicted molar refractivity (Wildman–Crippen MR) is 80.0 cm³/mol. The van der Waals surface area contributed by atoms with E-state index in [0.29, 0.717) is 6.04 Å². The molecule has 0 aliphatic carbocycles. The fraction of sp³-hybridized carbons (Fsp3) is 0.333. The zero-order chi connectivity index (χ0) is 12.1. The van der Waals surface area contributed by atoms with Gasteiger partial charge in [0.2, 0.25) is 0 Å². The second kappa shape index (κ2) is 5.97. The van der Waals surface area contributed by atoms with Crippen LogP contribution in [0.3, 0.4) is 0 Å². The highest BCUT2D eigenvalue weighted by Crippen LogP contribution is 2.19. The van der Waals surface area contributed by atoms with E-state index in [0.717, 1.165) is 5.75 Å². The molecule has 2 heteroatoms. The van der Waals surface area contributed by atoms with Gasteiger partial charge in [-0.05, 0) is 35.6 Å². The molecular weight excluding hydrogens is 226 g/mol. The summed E-state index contributed by atoms with van der Waals surface area (Å²) < 4.78 is 0. The van der Waals surface area contributed by atoms with Gasteiger partial charge >= 0.3 is 0 Å². The molecule has 0 aliphatic heterocycles. The summed E-state index contributed by atoms with van der Waals surface area (Å²) in [5.74, 6) is 2.34. The molecule has 0 radical (unpaired) electrons. The molecule has 0 amide bonds. The van der Waals surface area contributed by atoms with Gasteiger partial charge in [-0.2, -0.15) is 11.8 Å². The molecule has 17 heavy (non-hydrogen) atoms. The summed E-state index contributed by atoms with van der Waals surface area (Å²) in [5.41, 5.74) is 1.22. The molecule has 0 fully saturated rings. The maximum atomic E-state index is 3.55. The van der Waals surface area contributed by atoms with Gasteiger partial charge in [-0.3, -0.25) is 0 Å². The summed E-state index contributed by atoms with van der Waals surface area (Å²) >= 11 is 1.98. The number of nitrogens with one attached hydrogen (secondary N) is 1. The Kier molecular flexibility index (Phi) is 4.32. The molecule has 0 aliphatic rings. The van der Waals surface area contributed by atoms with Crippen molar-refractivity contribution in [3.63, 3.8) is 0 Å². The molecule has 2 aromatic carbocycles. The molecule has 2 aromatic rings. The van der Waals surface area contributed by atoms with Crippen molar-refractivity contribution < 1.29 is 0 Å². The average Bonchev–Trinajstić information content (AvgIpc) is 2.36. The molecule has 0 aromatic heterocycles. The molecule has 0 saturated heterocycles. The van der Waals surface area contributed by atoms with Crippen molar-refractivity contribution in [2.24, 2.45) is 0 Å². The van der Waals surface area contributed by atoms with E-state index in [1.807, 2.05) is 11.8 Å². The summed E-state index contributed by atoms with van der Waals surface area (Å²) in [6.45, 7) is 4.44. The van der Waals surface area contributed by atoms with E-state index in [-0.39, 0.29) is 0 Å². The fourth-order valence-electron chi connectivity index (χ4n) is 1.90. The fourth-order valence-corrected chi connectivity index (χ4v) is 2.57. The van der Waals surface area contributed by atoms with E-state index in [9.17, 15) is 0 Å². The standard InChI is InChI=1S/C15H19NS/c1-3-17-11-12(2)16-15-9-8-13-6-4-5-7-14(13)10-15/h4-10,12,16H,3,11H2,1-2H3. The molecule has 1 nitrogen and oxygen atoms in total. The van der Waals surface area contributed by atoms with Crippen LogP contribution in [0, 0.1) is 0 Å². The Bertz CT molecular complexity index is 481. The number of hydrogen-bond acceptors (Lipinski definition) is 2. The molecule has 2 rings (SSSR count). The van der Waals surface area contributed by atoms with Gasteiger partial charge in [-0.15, -0.1) is 0 Å². The van der Waals surface area contributed by atoms with Crippen molar-refractivity contribution >= 4 is 28.2 Å². The quantitative estimate of drug-likeness (QED) is 0.838. The Morgan fingerprint density at radius 1 is 1.12 bits per heavy atom. The molecule has 0 bridgehead atoms. The molecule has 1 atom stereocenters. The Balaban J connectivity index is 2.08. The van der Waals surface area contributed by atoms with E-state index < -0.39 is 0 Å². The van der Waals surface area contributed by atoms with E-state index in [4.69, 9.17) is 0 Å². The zero-order valence-electron chi connectivity index (χ0n) is 10.4. The lowest BCUT2D eigenvalue weighted by molar-refractivity contribution is 0.914. The summed E-state index contributed by atoms with van der Waals surface area (Å²) in [4.78, 5) is 0. The normalized spacial score (nSPS) is 12.6. The minimum absolute atomic E-state index is 0.515. The summed E-state index contributed by atoms with van der Waals surface area (Å²) in [6.07, 6.45) is 0. The SMILES string of the molecule is CCSCC(C)Nc1ccc2ccccc2c1. The second-order valence-electron chi connectivity index (χ2n) is 4.27. The third-order valence-corrected chi connectivity index (χ3v) is 3.88. The number of hydrogen-bond donors (Lipinski definition) is 1. The topological polar surface area (TPSA) is 12.0 Å². The summed E-state index contributed by atoms with van der Waals surface area (Å²) in [7, 11) is 0. The average molecular weight is 245 g/mol. The third kappa shape index (κ3) is 3.40. The van der Waals surface area contributed by atoms with E-state index in [2.05, 4.69) is 61.6 Å². The van der Waals surface area contributed by atoms with Crippen LogP contribution in [0.2, 0.25) is 0 Å². The van der Waals surface area contributed by atoms with Crippen LogP contribution >= 0.6 is 11.8 Å². The van der Waals surface area contributed by atoms with Gasteiger partial charge < -0.3 is 5.32 Å². The van der Waals surface area contributed by atoms with Crippen molar-refractivity contribution in [1.29, 1.82) is 0 Å². The molecular formula is C15H19NS. The molecule has 1 unspecified atom stereocenters. The van der Waals surface area contributed by atoms with Crippen LogP contribution in [0.15, 0.2) is 42.5 Å². The highest BCUT2D eigenvalue weighted by Gasteiger charge is 2.02. The van der Waals surface area contributed by atoms with Gasteiger partial charge in [-0.25, -0.2) is 0 Å². The van der Waals surface area contributed by atoms with Crippen molar-refractivity contribution in [3.8, 4) is 0 Å².